The van der Waals surface area contributed by atoms with Gasteiger partial charge in [-0.3, -0.25) is 13.9 Å². The SMILES string of the molecule is CCC(C)NC(=O)C(Cc1ccccc1)N(Cc1ccccc1)C(=O)CN(c1ccc(Br)cc1)S(=O)(=O)c1ccc(C)cc1. The van der Waals surface area contributed by atoms with Gasteiger partial charge in [0, 0.05) is 23.5 Å². The minimum atomic E-state index is -4.14. The highest BCUT2D eigenvalue weighted by atomic mass is 79.9. The summed E-state index contributed by atoms with van der Waals surface area (Å²) in [6.07, 6.45) is 0.993. The van der Waals surface area contributed by atoms with Gasteiger partial charge in [-0.2, -0.15) is 0 Å². The molecule has 0 spiro atoms. The Morgan fingerprint density at radius 2 is 1.39 bits per heavy atom. The fourth-order valence-corrected chi connectivity index (χ4v) is 6.43. The standard InChI is InChI=1S/C35H38BrN3O4S/c1-4-27(3)37-35(41)33(23-28-11-7-5-8-12-28)38(24-29-13-9-6-10-14-29)34(40)25-39(31-19-17-30(36)18-20-31)44(42,43)32-21-15-26(2)16-22-32/h5-22,27,33H,4,23-25H2,1-3H3,(H,37,41). The summed E-state index contributed by atoms with van der Waals surface area (Å²) in [4.78, 5) is 29.9. The number of nitrogens with zero attached hydrogens (tertiary/aromatic N) is 2. The summed E-state index contributed by atoms with van der Waals surface area (Å²) in [5.74, 6) is -0.781. The van der Waals surface area contributed by atoms with Crippen molar-refractivity contribution in [2.24, 2.45) is 0 Å². The highest BCUT2D eigenvalue weighted by molar-refractivity contribution is 9.10. The second kappa shape index (κ2) is 15.2. The van der Waals surface area contributed by atoms with Crippen LogP contribution in [0.3, 0.4) is 0 Å². The van der Waals surface area contributed by atoms with Crippen LogP contribution < -0.4 is 9.62 Å². The van der Waals surface area contributed by atoms with Crippen LogP contribution in [0.15, 0.2) is 119 Å². The zero-order chi connectivity index (χ0) is 31.7. The lowest BCUT2D eigenvalue weighted by molar-refractivity contribution is -0.140. The molecule has 0 aliphatic rings. The molecule has 230 valence electrons. The Hall–Kier alpha value is -3.95. The smallest absolute Gasteiger partial charge is 0.264 e. The van der Waals surface area contributed by atoms with E-state index in [0.717, 1.165) is 31.9 Å². The van der Waals surface area contributed by atoms with Crippen molar-refractivity contribution in [3.05, 3.63) is 130 Å². The fraction of sp³-hybridized carbons (Fsp3) is 0.257. The molecular formula is C35H38BrN3O4S. The number of hydrogen-bond donors (Lipinski definition) is 1. The highest BCUT2D eigenvalue weighted by Crippen LogP contribution is 2.27. The molecule has 0 aliphatic heterocycles. The number of amides is 2. The van der Waals surface area contributed by atoms with E-state index in [9.17, 15) is 18.0 Å². The zero-order valence-corrected chi connectivity index (χ0v) is 27.6. The van der Waals surface area contributed by atoms with E-state index in [1.165, 1.54) is 4.90 Å². The van der Waals surface area contributed by atoms with Crippen LogP contribution in [0.1, 0.15) is 37.0 Å². The van der Waals surface area contributed by atoms with Gasteiger partial charge in [0.05, 0.1) is 10.6 Å². The molecule has 4 rings (SSSR count). The monoisotopic (exact) mass is 675 g/mol. The van der Waals surface area contributed by atoms with Crippen molar-refractivity contribution >= 4 is 43.5 Å². The molecule has 2 unspecified atom stereocenters. The van der Waals surface area contributed by atoms with Crippen LogP contribution in [0.2, 0.25) is 0 Å². The predicted molar refractivity (Wildman–Crippen MR) is 179 cm³/mol. The highest BCUT2D eigenvalue weighted by Gasteiger charge is 2.35. The first-order valence-corrected chi connectivity index (χ1v) is 16.8. The molecule has 4 aromatic carbocycles. The van der Waals surface area contributed by atoms with Gasteiger partial charge in [-0.15, -0.1) is 0 Å². The second-order valence-corrected chi connectivity index (χ2v) is 13.6. The quantitative estimate of drug-likeness (QED) is 0.175. The molecule has 0 aromatic heterocycles. The topological polar surface area (TPSA) is 86.8 Å². The summed E-state index contributed by atoms with van der Waals surface area (Å²) in [5, 5.41) is 3.05. The molecule has 2 atom stereocenters. The number of carbonyl (C=O) groups excluding carboxylic acids is 2. The summed E-state index contributed by atoms with van der Waals surface area (Å²) < 4.78 is 30.1. The number of halogens is 1. The number of benzene rings is 4. The van der Waals surface area contributed by atoms with Gasteiger partial charge in [-0.25, -0.2) is 8.42 Å². The van der Waals surface area contributed by atoms with Crippen molar-refractivity contribution in [1.82, 2.24) is 10.2 Å². The van der Waals surface area contributed by atoms with Gasteiger partial charge in [0.2, 0.25) is 11.8 Å². The lowest BCUT2D eigenvalue weighted by Crippen LogP contribution is -2.54. The normalized spacial score (nSPS) is 12.6. The largest absolute Gasteiger partial charge is 0.352 e. The Kier molecular flexibility index (Phi) is 11.4. The lowest BCUT2D eigenvalue weighted by atomic mass is 10.0. The van der Waals surface area contributed by atoms with Gasteiger partial charge in [0.15, 0.2) is 0 Å². The van der Waals surface area contributed by atoms with Crippen LogP contribution in [0.25, 0.3) is 0 Å². The number of anilines is 1. The zero-order valence-electron chi connectivity index (χ0n) is 25.2. The van der Waals surface area contributed by atoms with Gasteiger partial charge < -0.3 is 10.2 Å². The van der Waals surface area contributed by atoms with E-state index in [1.807, 2.05) is 81.4 Å². The average Bonchev–Trinajstić information content (AvgIpc) is 3.03. The first-order chi connectivity index (χ1) is 21.1. The summed E-state index contributed by atoms with van der Waals surface area (Å²) in [6.45, 7) is 5.42. The van der Waals surface area contributed by atoms with Crippen molar-refractivity contribution in [2.45, 2.75) is 57.1 Å². The first kappa shape index (κ1) is 33.0. The van der Waals surface area contributed by atoms with Crippen molar-refractivity contribution in [3.8, 4) is 0 Å². The molecule has 1 N–H and O–H groups in total. The van der Waals surface area contributed by atoms with E-state index < -0.39 is 28.5 Å². The number of carbonyl (C=O) groups is 2. The maximum absolute atomic E-state index is 14.5. The maximum Gasteiger partial charge on any atom is 0.264 e. The molecule has 0 aliphatic carbocycles. The molecule has 9 heteroatoms. The number of nitrogens with one attached hydrogen (secondary N) is 1. The van der Waals surface area contributed by atoms with E-state index in [-0.39, 0.29) is 29.8 Å². The molecular weight excluding hydrogens is 638 g/mol. The van der Waals surface area contributed by atoms with Crippen LogP contribution in [0, 0.1) is 6.92 Å². The van der Waals surface area contributed by atoms with Crippen molar-refractivity contribution in [1.29, 1.82) is 0 Å². The Morgan fingerprint density at radius 3 is 1.95 bits per heavy atom. The molecule has 44 heavy (non-hydrogen) atoms. The summed E-state index contributed by atoms with van der Waals surface area (Å²) in [7, 11) is -4.14. The lowest BCUT2D eigenvalue weighted by Gasteiger charge is -2.34. The van der Waals surface area contributed by atoms with Gasteiger partial charge in [0.1, 0.15) is 12.6 Å². The molecule has 0 bridgehead atoms. The van der Waals surface area contributed by atoms with Crippen LogP contribution in [0.5, 0.6) is 0 Å². The number of hydrogen-bond acceptors (Lipinski definition) is 4. The maximum atomic E-state index is 14.5. The number of rotatable bonds is 13. The molecule has 0 fully saturated rings. The van der Waals surface area contributed by atoms with Gasteiger partial charge in [-0.05, 0) is 67.8 Å². The van der Waals surface area contributed by atoms with E-state index >= 15 is 0 Å². The third kappa shape index (κ3) is 8.57. The molecule has 0 heterocycles. The van der Waals surface area contributed by atoms with Crippen LogP contribution in [0.4, 0.5) is 5.69 Å². The van der Waals surface area contributed by atoms with Crippen LogP contribution in [-0.2, 0) is 32.6 Å². The van der Waals surface area contributed by atoms with E-state index in [2.05, 4.69) is 21.2 Å². The minimum Gasteiger partial charge on any atom is -0.352 e. The summed E-state index contributed by atoms with van der Waals surface area (Å²) >= 11 is 3.41. The molecule has 0 radical (unpaired) electrons. The number of sulfonamides is 1. The van der Waals surface area contributed by atoms with Gasteiger partial charge >= 0.3 is 0 Å². The van der Waals surface area contributed by atoms with Gasteiger partial charge in [-0.1, -0.05) is 101 Å². The van der Waals surface area contributed by atoms with E-state index in [0.29, 0.717) is 5.69 Å². The van der Waals surface area contributed by atoms with E-state index in [1.54, 1.807) is 48.5 Å². The van der Waals surface area contributed by atoms with Crippen molar-refractivity contribution in [3.63, 3.8) is 0 Å². The Morgan fingerprint density at radius 1 is 0.818 bits per heavy atom. The van der Waals surface area contributed by atoms with Crippen LogP contribution >= 0.6 is 15.9 Å². The third-order valence-electron chi connectivity index (χ3n) is 7.47. The molecule has 7 nitrogen and oxygen atoms in total. The third-order valence-corrected chi connectivity index (χ3v) is 9.79. The Bertz CT molecular complexity index is 1630. The van der Waals surface area contributed by atoms with Gasteiger partial charge in [0.25, 0.3) is 10.0 Å². The first-order valence-electron chi connectivity index (χ1n) is 14.6. The average molecular weight is 677 g/mol. The number of aryl methyl sites for hydroxylation is 1. The molecule has 0 saturated heterocycles. The van der Waals surface area contributed by atoms with Crippen molar-refractivity contribution < 1.29 is 18.0 Å². The summed E-state index contributed by atoms with van der Waals surface area (Å²) in [6, 6.07) is 31.3. The molecule has 4 aromatic rings. The Labute approximate surface area is 269 Å². The fourth-order valence-electron chi connectivity index (χ4n) is 4.75. The summed E-state index contributed by atoms with van der Waals surface area (Å²) in [5.41, 5.74) is 2.97. The predicted octanol–water partition coefficient (Wildman–Crippen LogP) is 6.51. The van der Waals surface area contributed by atoms with Crippen molar-refractivity contribution in [2.75, 3.05) is 10.8 Å². The molecule has 0 saturated carbocycles. The second-order valence-electron chi connectivity index (χ2n) is 10.8. The van der Waals surface area contributed by atoms with Crippen LogP contribution in [-0.4, -0.2) is 43.8 Å². The Balaban J connectivity index is 1.79. The van der Waals surface area contributed by atoms with E-state index in [4.69, 9.17) is 0 Å². The molecule has 2 amide bonds. The minimum absolute atomic E-state index is 0.0729.